The van der Waals surface area contributed by atoms with Crippen LogP contribution in [0.3, 0.4) is 0 Å². The number of nitriles is 1. The van der Waals surface area contributed by atoms with E-state index in [0.717, 1.165) is 29.4 Å². The number of aryl methyl sites for hydroxylation is 1. The molecule has 1 aliphatic carbocycles. The summed E-state index contributed by atoms with van der Waals surface area (Å²) in [4.78, 5) is 3.34. The Labute approximate surface area is 106 Å². The van der Waals surface area contributed by atoms with Gasteiger partial charge in [0.25, 0.3) is 5.70 Å². The van der Waals surface area contributed by atoms with Gasteiger partial charge in [0.15, 0.2) is 0 Å². The van der Waals surface area contributed by atoms with Crippen LogP contribution in [-0.2, 0) is 6.42 Å². The Morgan fingerprint density at radius 2 is 1.89 bits per heavy atom. The molecule has 2 aromatic rings. The lowest BCUT2D eigenvalue weighted by atomic mass is 10.0. The molecule has 0 aliphatic heterocycles. The van der Waals surface area contributed by atoms with Crippen molar-refractivity contribution in [2.75, 3.05) is 0 Å². The third-order valence-electron chi connectivity index (χ3n) is 3.44. The summed E-state index contributed by atoms with van der Waals surface area (Å²) in [5, 5.41) is 11.4. The molecule has 0 bridgehead atoms. The molecule has 0 spiro atoms. The monoisotopic (exact) mass is 230 g/mol. The van der Waals surface area contributed by atoms with Gasteiger partial charge in [-0.25, -0.2) is 10.1 Å². The maximum Gasteiger partial charge on any atom is 0.265 e. The molecule has 0 fully saturated rings. The first-order valence-electron chi connectivity index (χ1n) is 5.86. The van der Waals surface area contributed by atoms with Crippen LogP contribution in [0.1, 0.15) is 17.5 Å². The van der Waals surface area contributed by atoms with E-state index in [1.54, 1.807) is 0 Å². The number of hydrogen-bond acceptors (Lipinski definition) is 1. The minimum Gasteiger partial charge on any atom is -0.226 e. The van der Waals surface area contributed by atoms with Crippen molar-refractivity contribution in [3.8, 4) is 6.07 Å². The summed E-state index contributed by atoms with van der Waals surface area (Å²) in [6, 6.07) is 14.5. The van der Waals surface area contributed by atoms with Crippen LogP contribution in [0.5, 0.6) is 0 Å². The van der Waals surface area contributed by atoms with Crippen molar-refractivity contribution in [3.63, 3.8) is 0 Å². The molecule has 0 N–H and O–H groups in total. The van der Waals surface area contributed by atoms with Crippen LogP contribution in [-0.4, -0.2) is 0 Å². The fourth-order valence-corrected chi connectivity index (χ4v) is 2.58. The molecule has 18 heavy (non-hydrogen) atoms. The average molecular weight is 230 g/mol. The Balaban J connectivity index is 2.30. The van der Waals surface area contributed by atoms with Crippen molar-refractivity contribution < 1.29 is 0 Å². The number of rotatable bonds is 0. The largest absolute Gasteiger partial charge is 0.265 e. The van der Waals surface area contributed by atoms with Crippen LogP contribution in [0.2, 0.25) is 0 Å². The van der Waals surface area contributed by atoms with Crippen LogP contribution in [0, 0.1) is 17.9 Å². The van der Waals surface area contributed by atoms with Gasteiger partial charge in [-0.2, -0.15) is 0 Å². The molecule has 0 atom stereocenters. The summed E-state index contributed by atoms with van der Waals surface area (Å²) < 4.78 is 0. The van der Waals surface area contributed by atoms with Crippen LogP contribution in [0.25, 0.3) is 21.2 Å². The van der Waals surface area contributed by atoms with Crippen molar-refractivity contribution in [2.24, 2.45) is 0 Å². The van der Waals surface area contributed by atoms with Crippen molar-refractivity contribution >= 4 is 16.3 Å². The second-order valence-corrected chi connectivity index (χ2v) is 4.41. The zero-order chi connectivity index (χ0) is 12.5. The van der Waals surface area contributed by atoms with Crippen LogP contribution in [0.4, 0.5) is 0 Å². The third-order valence-corrected chi connectivity index (χ3v) is 3.44. The van der Waals surface area contributed by atoms with E-state index in [4.69, 9.17) is 11.8 Å². The van der Waals surface area contributed by atoms with E-state index >= 15 is 0 Å². The van der Waals surface area contributed by atoms with Gasteiger partial charge in [-0.05, 0) is 46.4 Å². The standard InChI is InChI=1S/C16H10N2/c1-18-16(10-17)14-7-6-13-8-11-4-2-3-5-12(11)9-15(13)14/h2-5,8-9H,6-7H2/b16-14+. The topological polar surface area (TPSA) is 28.1 Å². The molecular formula is C16H10N2. The number of benzene rings is 2. The Kier molecular flexibility index (Phi) is 2.36. The molecular weight excluding hydrogens is 220 g/mol. The highest BCUT2D eigenvalue weighted by atomic mass is 14.7. The molecule has 2 heteroatoms. The van der Waals surface area contributed by atoms with Crippen molar-refractivity contribution in [1.82, 2.24) is 0 Å². The van der Waals surface area contributed by atoms with Gasteiger partial charge in [-0.15, -0.1) is 0 Å². The number of hydrogen-bond donors (Lipinski definition) is 0. The first kappa shape index (κ1) is 10.6. The van der Waals surface area contributed by atoms with Gasteiger partial charge in [0.05, 0.1) is 12.6 Å². The Bertz CT molecular complexity index is 739. The van der Waals surface area contributed by atoms with Gasteiger partial charge in [-0.1, -0.05) is 30.3 Å². The van der Waals surface area contributed by atoms with Gasteiger partial charge in [-0.3, -0.25) is 0 Å². The predicted molar refractivity (Wildman–Crippen MR) is 71.4 cm³/mol. The SMILES string of the molecule is [C-]#[N+]/C(C#N)=C1\CCc2cc3ccccc3cc21. The first-order chi connectivity index (χ1) is 8.83. The maximum absolute atomic E-state index is 9.00. The van der Waals surface area contributed by atoms with Gasteiger partial charge < -0.3 is 0 Å². The summed E-state index contributed by atoms with van der Waals surface area (Å²) in [5.74, 6) is 0. The van der Waals surface area contributed by atoms with E-state index in [9.17, 15) is 0 Å². The van der Waals surface area contributed by atoms with Crippen molar-refractivity contribution in [1.29, 1.82) is 5.26 Å². The van der Waals surface area contributed by atoms with E-state index in [2.05, 4.69) is 29.1 Å². The molecule has 1 aliphatic rings. The highest BCUT2D eigenvalue weighted by Crippen LogP contribution is 2.37. The van der Waals surface area contributed by atoms with Crippen molar-refractivity contribution in [2.45, 2.75) is 12.8 Å². The molecule has 0 aromatic heterocycles. The van der Waals surface area contributed by atoms with E-state index < -0.39 is 0 Å². The molecule has 0 unspecified atom stereocenters. The van der Waals surface area contributed by atoms with E-state index in [0.29, 0.717) is 0 Å². The Morgan fingerprint density at radius 3 is 2.56 bits per heavy atom. The maximum atomic E-state index is 9.00. The molecule has 2 nitrogen and oxygen atoms in total. The zero-order valence-corrected chi connectivity index (χ0v) is 9.77. The summed E-state index contributed by atoms with van der Waals surface area (Å²) in [6.45, 7) is 7.07. The minimum absolute atomic E-state index is 0.240. The number of allylic oxidation sites excluding steroid dienone is 2. The number of nitrogens with zero attached hydrogens (tertiary/aromatic N) is 2. The fraction of sp³-hybridized carbons (Fsp3) is 0.125. The zero-order valence-electron chi connectivity index (χ0n) is 9.77. The molecule has 0 saturated carbocycles. The second kappa shape index (κ2) is 4.02. The second-order valence-electron chi connectivity index (χ2n) is 4.41. The summed E-state index contributed by atoms with van der Waals surface area (Å²) in [7, 11) is 0. The smallest absolute Gasteiger partial charge is 0.226 e. The first-order valence-corrected chi connectivity index (χ1v) is 5.86. The van der Waals surface area contributed by atoms with Crippen molar-refractivity contribution in [3.05, 3.63) is 64.6 Å². The quantitative estimate of drug-likeness (QED) is 0.497. The molecule has 2 aromatic carbocycles. The lowest BCUT2D eigenvalue weighted by Crippen LogP contribution is -1.84. The van der Waals surface area contributed by atoms with Gasteiger partial charge in [0, 0.05) is 0 Å². The van der Waals surface area contributed by atoms with E-state index in [1.165, 1.54) is 10.9 Å². The van der Waals surface area contributed by atoms with E-state index in [1.807, 2.05) is 18.2 Å². The molecule has 0 saturated heterocycles. The average Bonchev–Trinajstić information content (AvgIpc) is 2.81. The Morgan fingerprint density at radius 1 is 1.17 bits per heavy atom. The Hall–Kier alpha value is -2.58. The summed E-state index contributed by atoms with van der Waals surface area (Å²) >= 11 is 0. The lowest BCUT2D eigenvalue weighted by Gasteiger charge is -2.04. The molecule has 3 rings (SSSR count). The normalized spacial score (nSPS) is 15.9. The minimum atomic E-state index is 0.240. The van der Waals surface area contributed by atoms with Crippen LogP contribution >= 0.6 is 0 Å². The molecule has 84 valence electrons. The van der Waals surface area contributed by atoms with Crippen LogP contribution in [0.15, 0.2) is 42.1 Å². The molecule has 0 heterocycles. The van der Waals surface area contributed by atoms with Crippen LogP contribution < -0.4 is 0 Å². The third kappa shape index (κ3) is 1.48. The molecule has 0 radical (unpaired) electrons. The van der Waals surface area contributed by atoms with E-state index in [-0.39, 0.29) is 5.70 Å². The fourth-order valence-electron chi connectivity index (χ4n) is 2.58. The molecule has 0 amide bonds. The lowest BCUT2D eigenvalue weighted by molar-refractivity contribution is 1.08. The summed E-state index contributed by atoms with van der Waals surface area (Å²) in [5.41, 5.74) is 3.48. The number of fused-ring (bicyclic) bond motifs is 2. The van der Waals surface area contributed by atoms with Gasteiger partial charge in [0.1, 0.15) is 0 Å². The van der Waals surface area contributed by atoms with Gasteiger partial charge >= 0.3 is 0 Å². The summed E-state index contributed by atoms with van der Waals surface area (Å²) in [6.07, 6.45) is 1.73. The highest BCUT2D eigenvalue weighted by molar-refractivity contribution is 5.90. The highest BCUT2D eigenvalue weighted by Gasteiger charge is 2.20. The predicted octanol–water partition coefficient (Wildman–Crippen LogP) is 3.94. The van der Waals surface area contributed by atoms with Gasteiger partial charge in [0.2, 0.25) is 0 Å².